The molecule has 1 atom stereocenters. The number of hydrogen-bond acceptors (Lipinski definition) is 4. The van der Waals surface area contributed by atoms with Gasteiger partial charge < -0.3 is 10.1 Å². The highest BCUT2D eigenvalue weighted by molar-refractivity contribution is 5.96. The molecule has 0 radical (unpaired) electrons. The van der Waals surface area contributed by atoms with E-state index in [0.29, 0.717) is 18.0 Å². The Hall–Kier alpha value is -3.18. The Balaban J connectivity index is 1.82. The van der Waals surface area contributed by atoms with Gasteiger partial charge in [0.15, 0.2) is 0 Å². The van der Waals surface area contributed by atoms with Gasteiger partial charge in [0, 0.05) is 12.7 Å². The van der Waals surface area contributed by atoms with E-state index in [-0.39, 0.29) is 5.91 Å². The minimum absolute atomic E-state index is 0.152. The maximum absolute atomic E-state index is 13.1. The minimum atomic E-state index is -0.515. The van der Waals surface area contributed by atoms with Crippen molar-refractivity contribution in [3.8, 4) is 5.75 Å². The van der Waals surface area contributed by atoms with Crippen LogP contribution in [0, 0.1) is 6.92 Å². The Bertz CT molecular complexity index is 883. The molecule has 0 aliphatic heterocycles. The van der Waals surface area contributed by atoms with Crippen LogP contribution in [0.1, 0.15) is 22.9 Å². The lowest BCUT2D eigenvalue weighted by Gasteiger charge is -2.20. The zero-order valence-corrected chi connectivity index (χ0v) is 15.5. The number of nitrogens with one attached hydrogen (secondary N) is 2. The fourth-order valence-corrected chi connectivity index (χ4v) is 2.84. The molecule has 27 heavy (non-hydrogen) atoms. The summed E-state index contributed by atoms with van der Waals surface area (Å²) < 4.78 is 5.37. The molecule has 138 valence electrons. The van der Waals surface area contributed by atoms with Crippen LogP contribution in [0.3, 0.4) is 0 Å². The highest BCUT2D eigenvalue weighted by Crippen LogP contribution is 2.26. The van der Waals surface area contributed by atoms with Crippen LogP contribution >= 0.6 is 0 Å². The third kappa shape index (κ3) is 4.92. The van der Waals surface area contributed by atoms with Gasteiger partial charge in [0.05, 0.1) is 18.5 Å². The fourth-order valence-electron chi connectivity index (χ4n) is 2.84. The summed E-state index contributed by atoms with van der Waals surface area (Å²) in [6.07, 6.45) is 1.74. The number of amides is 1. The second-order valence-corrected chi connectivity index (χ2v) is 6.24. The number of benzene rings is 2. The van der Waals surface area contributed by atoms with Gasteiger partial charge in [-0.3, -0.25) is 15.1 Å². The van der Waals surface area contributed by atoms with E-state index in [1.54, 1.807) is 13.3 Å². The van der Waals surface area contributed by atoms with Gasteiger partial charge in [0.1, 0.15) is 11.8 Å². The first-order valence-electron chi connectivity index (χ1n) is 8.81. The number of aromatic nitrogens is 1. The third-order valence-electron chi connectivity index (χ3n) is 4.22. The minimum Gasteiger partial charge on any atom is -0.495 e. The van der Waals surface area contributed by atoms with Gasteiger partial charge in [-0.15, -0.1) is 0 Å². The normalized spacial score (nSPS) is 11.6. The zero-order chi connectivity index (χ0) is 19.1. The van der Waals surface area contributed by atoms with Gasteiger partial charge in [-0.2, -0.15) is 0 Å². The van der Waals surface area contributed by atoms with E-state index in [1.807, 2.05) is 73.7 Å². The third-order valence-corrected chi connectivity index (χ3v) is 4.22. The van der Waals surface area contributed by atoms with Crippen molar-refractivity contribution in [2.75, 3.05) is 12.4 Å². The lowest BCUT2D eigenvalue weighted by Crippen LogP contribution is -2.33. The highest BCUT2D eigenvalue weighted by atomic mass is 16.5. The van der Waals surface area contributed by atoms with E-state index in [0.717, 1.165) is 16.8 Å². The molecule has 1 amide bonds. The van der Waals surface area contributed by atoms with Crippen molar-refractivity contribution < 1.29 is 9.53 Å². The molecule has 5 heteroatoms. The maximum atomic E-state index is 13.1. The molecule has 0 fully saturated rings. The number of methoxy groups -OCH3 is 1. The number of carbonyl (C=O) groups is 1. The number of hydrogen-bond donors (Lipinski definition) is 2. The average molecular weight is 361 g/mol. The summed E-state index contributed by atoms with van der Waals surface area (Å²) >= 11 is 0. The van der Waals surface area contributed by atoms with E-state index in [9.17, 15) is 4.79 Å². The van der Waals surface area contributed by atoms with Crippen molar-refractivity contribution in [2.24, 2.45) is 0 Å². The molecule has 5 nitrogen and oxygen atoms in total. The van der Waals surface area contributed by atoms with Crippen LogP contribution in [-0.2, 0) is 11.3 Å². The van der Waals surface area contributed by atoms with Crippen molar-refractivity contribution >= 4 is 11.6 Å². The van der Waals surface area contributed by atoms with Crippen molar-refractivity contribution in [3.63, 3.8) is 0 Å². The largest absolute Gasteiger partial charge is 0.495 e. The lowest BCUT2D eigenvalue weighted by atomic mass is 10.1. The van der Waals surface area contributed by atoms with E-state index in [4.69, 9.17) is 4.74 Å². The summed E-state index contributed by atoms with van der Waals surface area (Å²) in [5.74, 6) is 0.478. The molecule has 0 spiro atoms. The van der Waals surface area contributed by atoms with Crippen molar-refractivity contribution in [1.29, 1.82) is 0 Å². The maximum Gasteiger partial charge on any atom is 0.246 e. The molecule has 3 aromatic rings. The molecule has 1 heterocycles. The second kappa shape index (κ2) is 8.96. The lowest BCUT2D eigenvalue weighted by molar-refractivity contribution is -0.118. The van der Waals surface area contributed by atoms with Crippen LogP contribution < -0.4 is 15.4 Å². The highest BCUT2D eigenvalue weighted by Gasteiger charge is 2.21. The summed E-state index contributed by atoms with van der Waals surface area (Å²) in [6.45, 7) is 2.46. The molecule has 2 aromatic carbocycles. The number of carbonyl (C=O) groups excluding carboxylic acids is 1. The summed E-state index contributed by atoms with van der Waals surface area (Å²) in [7, 11) is 1.59. The van der Waals surface area contributed by atoms with Crippen molar-refractivity contribution in [2.45, 2.75) is 19.5 Å². The zero-order valence-electron chi connectivity index (χ0n) is 15.5. The van der Waals surface area contributed by atoms with Gasteiger partial charge >= 0.3 is 0 Å². The molecule has 0 saturated heterocycles. The number of anilines is 1. The molecule has 0 aliphatic carbocycles. The number of nitrogens with zero attached hydrogens (tertiary/aromatic N) is 1. The van der Waals surface area contributed by atoms with Gasteiger partial charge in [0.2, 0.25) is 5.91 Å². The van der Waals surface area contributed by atoms with E-state index >= 15 is 0 Å². The van der Waals surface area contributed by atoms with Gasteiger partial charge in [0.25, 0.3) is 0 Å². The van der Waals surface area contributed by atoms with E-state index in [2.05, 4.69) is 15.6 Å². The molecular formula is C22H23N3O2. The average Bonchev–Trinajstić information content (AvgIpc) is 2.70. The predicted octanol–water partition coefficient (Wildman–Crippen LogP) is 3.87. The van der Waals surface area contributed by atoms with E-state index in [1.165, 1.54) is 0 Å². The quantitative estimate of drug-likeness (QED) is 0.671. The number of aryl methyl sites for hydroxylation is 1. The Morgan fingerprint density at radius 3 is 2.56 bits per heavy atom. The van der Waals surface area contributed by atoms with Crippen molar-refractivity contribution in [3.05, 3.63) is 89.7 Å². The van der Waals surface area contributed by atoms with Gasteiger partial charge in [-0.25, -0.2) is 0 Å². The predicted molar refractivity (Wildman–Crippen MR) is 107 cm³/mol. The number of rotatable bonds is 7. The van der Waals surface area contributed by atoms with Crippen LogP contribution in [0.4, 0.5) is 5.69 Å². The summed E-state index contributed by atoms with van der Waals surface area (Å²) in [5.41, 5.74) is 3.46. The van der Waals surface area contributed by atoms with Crippen molar-refractivity contribution in [1.82, 2.24) is 10.3 Å². The fraction of sp³-hybridized carbons (Fsp3) is 0.182. The monoisotopic (exact) mass is 361 g/mol. The number of pyridine rings is 1. The summed E-state index contributed by atoms with van der Waals surface area (Å²) in [4.78, 5) is 17.4. The Kier molecular flexibility index (Phi) is 6.18. The van der Waals surface area contributed by atoms with Crippen LogP contribution in [0.2, 0.25) is 0 Å². The SMILES string of the molecule is COc1ccc(C)cc1NC(=O)C(NCc1ccccn1)c1ccccc1. The first-order valence-corrected chi connectivity index (χ1v) is 8.81. The Morgan fingerprint density at radius 1 is 1.07 bits per heavy atom. The molecule has 3 rings (SSSR count). The molecule has 2 N–H and O–H groups in total. The molecule has 1 aromatic heterocycles. The Morgan fingerprint density at radius 2 is 1.85 bits per heavy atom. The summed E-state index contributed by atoms with van der Waals surface area (Å²) in [5, 5.41) is 6.30. The first-order chi connectivity index (χ1) is 13.2. The molecule has 0 saturated carbocycles. The van der Waals surface area contributed by atoms with Crippen LogP contribution in [0.15, 0.2) is 72.9 Å². The Labute approximate surface area is 159 Å². The molecule has 0 bridgehead atoms. The van der Waals surface area contributed by atoms with Crippen LogP contribution in [0.25, 0.3) is 0 Å². The second-order valence-electron chi connectivity index (χ2n) is 6.24. The molecule has 1 unspecified atom stereocenters. The van der Waals surface area contributed by atoms with E-state index < -0.39 is 6.04 Å². The standard InChI is InChI=1S/C22H23N3O2/c1-16-11-12-20(27-2)19(14-16)25-22(26)21(17-8-4-3-5-9-17)24-15-18-10-6-7-13-23-18/h3-14,21,24H,15H2,1-2H3,(H,25,26). The number of ether oxygens (including phenoxy) is 1. The molecule has 0 aliphatic rings. The van der Waals surface area contributed by atoms with Crippen LogP contribution in [0.5, 0.6) is 5.75 Å². The first kappa shape index (κ1) is 18.6. The topological polar surface area (TPSA) is 63.2 Å². The van der Waals surface area contributed by atoms with Gasteiger partial charge in [-0.05, 0) is 42.3 Å². The molecular weight excluding hydrogens is 338 g/mol. The summed E-state index contributed by atoms with van der Waals surface area (Å²) in [6, 6.07) is 20.6. The van der Waals surface area contributed by atoms with Gasteiger partial charge in [-0.1, -0.05) is 42.5 Å². The smallest absolute Gasteiger partial charge is 0.246 e. The van der Waals surface area contributed by atoms with Crippen LogP contribution in [-0.4, -0.2) is 18.0 Å².